The number of halogens is 3. The summed E-state index contributed by atoms with van der Waals surface area (Å²) in [6.45, 7) is 7.75. The molecule has 11 heteroatoms. The minimum Gasteiger partial charge on any atom is -0.507 e. The lowest BCUT2D eigenvalue weighted by Gasteiger charge is -2.34. The van der Waals surface area contributed by atoms with Gasteiger partial charge < -0.3 is 23.9 Å². The number of esters is 1. The molecule has 8 nitrogen and oxygen atoms in total. The van der Waals surface area contributed by atoms with E-state index < -0.39 is 29.1 Å². The second-order valence-electron chi connectivity index (χ2n) is 8.58. The van der Waals surface area contributed by atoms with Crippen molar-refractivity contribution >= 4 is 16.9 Å². The van der Waals surface area contributed by atoms with Gasteiger partial charge in [0.05, 0.1) is 23.1 Å². The Kier molecular flexibility index (Phi) is 7.74. The molecule has 1 aromatic heterocycles. The maximum absolute atomic E-state index is 14.0. The predicted molar refractivity (Wildman–Crippen MR) is 129 cm³/mol. The van der Waals surface area contributed by atoms with Crippen LogP contribution in [0, 0.1) is 0 Å². The van der Waals surface area contributed by atoms with Crippen LogP contribution < -0.4 is 10.2 Å². The molecular formula is C26H27F3N2O6. The fourth-order valence-corrected chi connectivity index (χ4v) is 4.20. The molecule has 1 N–H and O–H groups in total. The Balaban J connectivity index is 1.73. The number of ether oxygens (including phenoxy) is 2. The van der Waals surface area contributed by atoms with Crippen LogP contribution in [0.3, 0.4) is 0 Å². The Labute approximate surface area is 210 Å². The number of phenolic OH excluding ortho intramolecular Hbond substituents is 1. The molecule has 1 aliphatic heterocycles. The van der Waals surface area contributed by atoms with Crippen molar-refractivity contribution in [1.29, 1.82) is 0 Å². The lowest BCUT2D eigenvalue weighted by Crippen LogP contribution is -2.45. The van der Waals surface area contributed by atoms with E-state index >= 15 is 0 Å². The van der Waals surface area contributed by atoms with Crippen molar-refractivity contribution in [2.45, 2.75) is 26.6 Å². The number of alkyl halides is 3. The summed E-state index contributed by atoms with van der Waals surface area (Å²) in [5, 5.41) is 10.3. The summed E-state index contributed by atoms with van der Waals surface area (Å²) < 4.78 is 57.6. The van der Waals surface area contributed by atoms with E-state index in [0.717, 1.165) is 19.6 Å². The van der Waals surface area contributed by atoms with Gasteiger partial charge >= 0.3 is 12.1 Å². The molecule has 1 aliphatic rings. The first-order valence-electron chi connectivity index (χ1n) is 11.9. The van der Waals surface area contributed by atoms with Gasteiger partial charge in [0.1, 0.15) is 17.1 Å². The highest BCUT2D eigenvalue weighted by atomic mass is 19.4. The van der Waals surface area contributed by atoms with Crippen LogP contribution in [0.2, 0.25) is 0 Å². The largest absolute Gasteiger partial charge is 0.507 e. The van der Waals surface area contributed by atoms with Gasteiger partial charge in [-0.25, -0.2) is 4.79 Å². The van der Waals surface area contributed by atoms with Crippen molar-refractivity contribution in [1.82, 2.24) is 9.80 Å². The highest BCUT2D eigenvalue weighted by Gasteiger charge is 2.41. The Morgan fingerprint density at radius 2 is 1.68 bits per heavy atom. The number of benzene rings is 2. The van der Waals surface area contributed by atoms with Crippen molar-refractivity contribution in [3.63, 3.8) is 0 Å². The predicted octanol–water partition coefficient (Wildman–Crippen LogP) is 4.62. The number of carbonyl (C=O) groups is 1. The van der Waals surface area contributed by atoms with Gasteiger partial charge in [-0.1, -0.05) is 6.92 Å². The fraction of sp³-hybridized carbons (Fsp3) is 0.385. The number of hydrogen-bond acceptors (Lipinski definition) is 8. The SMILES string of the molecule is CCOC(=O)c1ccc(Oc2c(C(F)(F)F)oc3c(CN4CCN(CC)CC4)c(O)ccc3c2=O)cc1. The van der Waals surface area contributed by atoms with Crippen molar-refractivity contribution in [3.05, 3.63) is 63.5 Å². The lowest BCUT2D eigenvalue weighted by atomic mass is 10.1. The van der Waals surface area contributed by atoms with Gasteiger partial charge in [-0.15, -0.1) is 0 Å². The van der Waals surface area contributed by atoms with Gasteiger partial charge in [0.2, 0.25) is 11.2 Å². The van der Waals surface area contributed by atoms with Gasteiger partial charge in [-0.05, 0) is 49.9 Å². The third-order valence-electron chi connectivity index (χ3n) is 6.23. The van der Waals surface area contributed by atoms with Gasteiger partial charge in [0, 0.05) is 32.7 Å². The second-order valence-corrected chi connectivity index (χ2v) is 8.58. The fourth-order valence-electron chi connectivity index (χ4n) is 4.20. The van der Waals surface area contributed by atoms with E-state index in [4.69, 9.17) is 13.9 Å². The first-order valence-corrected chi connectivity index (χ1v) is 11.9. The Morgan fingerprint density at radius 1 is 1.03 bits per heavy atom. The van der Waals surface area contributed by atoms with Crippen LogP contribution in [-0.2, 0) is 17.5 Å². The van der Waals surface area contributed by atoms with Crippen LogP contribution in [0.5, 0.6) is 17.2 Å². The number of piperazine rings is 1. The summed E-state index contributed by atoms with van der Waals surface area (Å²) in [5.74, 6) is -3.60. The number of phenols is 1. The van der Waals surface area contributed by atoms with Crippen LogP contribution in [0.1, 0.15) is 35.5 Å². The summed E-state index contributed by atoms with van der Waals surface area (Å²) >= 11 is 0. The summed E-state index contributed by atoms with van der Waals surface area (Å²) in [6, 6.07) is 7.63. The molecule has 0 amide bonds. The van der Waals surface area contributed by atoms with Gasteiger partial charge in [0.15, 0.2) is 0 Å². The maximum atomic E-state index is 14.0. The molecule has 4 rings (SSSR count). The Bertz CT molecular complexity index is 1330. The van der Waals surface area contributed by atoms with Crippen LogP contribution in [-0.4, -0.2) is 60.2 Å². The summed E-state index contributed by atoms with van der Waals surface area (Å²) in [4.78, 5) is 29.3. The quantitative estimate of drug-likeness (QED) is 0.451. The molecule has 0 saturated carbocycles. The molecule has 1 saturated heterocycles. The van der Waals surface area contributed by atoms with Crippen molar-refractivity contribution in [2.24, 2.45) is 0 Å². The summed E-state index contributed by atoms with van der Waals surface area (Å²) in [6.07, 6.45) is -5.05. The van der Waals surface area contributed by atoms with E-state index in [1.165, 1.54) is 36.4 Å². The lowest BCUT2D eigenvalue weighted by molar-refractivity contribution is -0.154. The first kappa shape index (κ1) is 26.5. The summed E-state index contributed by atoms with van der Waals surface area (Å²) in [7, 11) is 0. The Morgan fingerprint density at radius 3 is 2.27 bits per heavy atom. The average molecular weight is 521 g/mol. The minimum absolute atomic E-state index is 0.0991. The topological polar surface area (TPSA) is 92.5 Å². The number of likely N-dealkylation sites (N-methyl/N-ethyl adjacent to an activating group) is 1. The molecule has 37 heavy (non-hydrogen) atoms. The molecule has 1 fully saturated rings. The van der Waals surface area contributed by atoms with Crippen molar-refractivity contribution in [2.75, 3.05) is 39.3 Å². The molecule has 0 bridgehead atoms. The zero-order valence-corrected chi connectivity index (χ0v) is 20.4. The number of nitrogens with zero attached hydrogens (tertiary/aromatic N) is 2. The van der Waals surface area contributed by atoms with E-state index in [2.05, 4.69) is 4.90 Å². The Hall–Kier alpha value is -3.57. The van der Waals surface area contributed by atoms with Crippen molar-refractivity contribution in [3.8, 4) is 17.2 Å². The molecule has 198 valence electrons. The van der Waals surface area contributed by atoms with Gasteiger partial charge in [-0.3, -0.25) is 9.69 Å². The van der Waals surface area contributed by atoms with Crippen LogP contribution in [0.25, 0.3) is 11.0 Å². The number of fused-ring (bicyclic) bond motifs is 1. The smallest absolute Gasteiger partial charge is 0.453 e. The normalized spacial score (nSPS) is 15.2. The molecule has 0 spiro atoms. The highest BCUT2D eigenvalue weighted by Crippen LogP contribution is 2.40. The van der Waals surface area contributed by atoms with E-state index in [1.807, 2.05) is 11.8 Å². The molecule has 0 atom stereocenters. The average Bonchev–Trinajstić information content (AvgIpc) is 2.87. The molecule has 2 heterocycles. The third kappa shape index (κ3) is 5.72. The third-order valence-corrected chi connectivity index (χ3v) is 6.23. The summed E-state index contributed by atoms with van der Waals surface area (Å²) in [5.41, 5.74) is -1.08. The molecule has 0 aliphatic carbocycles. The van der Waals surface area contributed by atoms with E-state index in [-0.39, 0.29) is 46.7 Å². The van der Waals surface area contributed by atoms with E-state index in [9.17, 15) is 27.9 Å². The molecule has 0 radical (unpaired) electrons. The minimum atomic E-state index is -5.05. The molecule has 3 aromatic rings. The standard InChI is InChI=1S/C26H27F3N2O6/c1-3-30-11-13-31(14-12-30)15-19-20(32)10-9-18-21(33)23(24(26(27,28)29)37-22(18)19)36-17-7-5-16(6-8-17)25(34)35-4-2/h5-10,32H,3-4,11-15H2,1-2H3. The zero-order valence-electron chi connectivity index (χ0n) is 20.4. The number of rotatable bonds is 7. The first-order chi connectivity index (χ1) is 17.6. The van der Waals surface area contributed by atoms with Crippen LogP contribution in [0.4, 0.5) is 13.2 Å². The molecule has 0 unspecified atom stereocenters. The van der Waals surface area contributed by atoms with E-state index in [0.29, 0.717) is 13.1 Å². The zero-order chi connectivity index (χ0) is 26.7. The molecule has 2 aromatic carbocycles. The van der Waals surface area contributed by atoms with Crippen LogP contribution >= 0.6 is 0 Å². The van der Waals surface area contributed by atoms with Crippen molar-refractivity contribution < 1.29 is 37.0 Å². The number of aromatic hydroxyl groups is 1. The van der Waals surface area contributed by atoms with Gasteiger partial charge in [-0.2, -0.15) is 13.2 Å². The monoisotopic (exact) mass is 520 g/mol. The number of hydrogen-bond donors (Lipinski definition) is 1. The number of carbonyl (C=O) groups excluding carboxylic acids is 1. The van der Waals surface area contributed by atoms with E-state index in [1.54, 1.807) is 6.92 Å². The highest BCUT2D eigenvalue weighted by molar-refractivity contribution is 5.89. The van der Waals surface area contributed by atoms with Crippen LogP contribution in [0.15, 0.2) is 45.6 Å². The maximum Gasteiger partial charge on any atom is 0.453 e. The molecular weight excluding hydrogens is 493 g/mol. The van der Waals surface area contributed by atoms with Gasteiger partial charge in [0.25, 0.3) is 5.76 Å². The second kappa shape index (κ2) is 10.8.